The first-order chi connectivity index (χ1) is 12.5. The van der Waals surface area contributed by atoms with Gasteiger partial charge in [-0.3, -0.25) is 4.79 Å². The molecule has 0 unspecified atom stereocenters. The molecule has 1 fully saturated rings. The molecule has 1 aromatic carbocycles. The van der Waals surface area contributed by atoms with Crippen molar-refractivity contribution in [2.24, 2.45) is 0 Å². The highest BCUT2D eigenvalue weighted by atomic mass is 32.2. The summed E-state index contributed by atoms with van der Waals surface area (Å²) in [6.45, 7) is 5.06. The molecule has 1 saturated heterocycles. The molecule has 2 atom stereocenters. The third-order valence-electron chi connectivity index (χ3n) is 4.90. The van der Waals surface area contributed by atoms with Gasteiger partial charge in [0.25, 0.3) is 0 Å². The van der Waals surface area contributed by atoms with Crippen LogP contribution in [0, 0.1) is 0 Å². The van der Waals surface area contributed by atoms with Crippen molar-refractivity contribution in [3.05, 3.63) is 35.9 Å². The third kappa shape index (κ3) is 5.79. The number of likely N-dealkylation sites (tertiary alicyclic amines) is 1. The van der Waals surface area contributed by atoms with E-state index in [2.05, 4.69) is 23.8 Å². The molecule has 1 aromatic rings. The van der Waals surface area contributed by atoms with Crippen LogP contribution in [0.3, 0.4) is 0 Å². The molecule has 2 rings (SSSR count). The number of ether oxygens (including phenoxy) is 1. The largest absolute Gasteiger partial charge is 0.381 e. The molecule has 0 aromatic heterocycles. The number of nitrogens with one attached hydrogen (secondary N) is 1. The van der Waals surface area contributed by atoms with Gasteiger partial charge in [0.2, 0.25) is 15.9 Å². The van der Waals surface area contributed by atoms with Crippen LogP contribution in [-0.2, 0) is 19.6 Å². The summed E-state index contributed by atoms with van der Waals surface area (Å²) in [5, 5.41) is 0. The average Bonchev–Trinajstić information content (AvgIpc) is 3.11. The summed E-state index contributed by atoms with van der Waals surface area (Å²) < 4.78 is 31.4. The van der Waals surface area contributed by atoms with E-state index in [0.29, 0.717) is 13.2 Å². The standard InChI is InChI=1S/C19H30N2O4S/c1-3-17(16-9-6-5-7-10-16)18-11-8-12-21(18)19(22)15-20-26(23,24)14-13-25-4-2/h5-7,9-10,17-18,20H,3-4,8,11-15H2,1-2H3/t17-,18-/m0/s1. The van der Waals surface area contributed by atoms with Gasteiger partial charge in [0, 0.05) is 25.1 Å². The van der Waals surface area contributed by atoms with E-state index in [-0.39, 0.29) is 36.8 Å². The molecule has 1 amide bonds. The summed E-state index contributed by atoms with van der Waals surface area (Å²) in [6, 6.07) is 10.4. The fourth-order valence-corrected chi connectivity index (χ4v) is 4.43. The Morgan fingerprint density at radius 1 is 1.31 bits per heavy atom. The van der Waals surface area contributed by atoms with Crippen molar-refractivity contribution >= 4 is 15.9 Å². The molecule has 7 heteroatoms. The Balaban J connectivity index is 1.97. The highest BCUT2D eigenvalue weighted by molar-refractivity contribution is 7.89. The summed E-state index contributed by atoms with van der Waals surface area (Å²) in [5.74, 6) is -0.00170. The normalized spacial score (nSPS) is 18.8. The second kappa shape index (κ2) is 10.0. The highest BCUT2D eigenvalue weighted by Crippen LogP contribution is 2.33. The Morgan fingerprint density at radius 3 is 2.69 bits per heavy atom. The van der Waals surface area contributed by atoms with Gasteiger partial charge in [-0.2, -0.15) is 0 Å². The second-order valence-electron chi connectivity index (χ2n) is 6.56. The fourth-order valence-electron chi connectivity index (χ4n) is 3.61. The monoisotopic (exact) mass is 382 g/mol. The van der Waals surface area contributed by atoms with Gasteiger partial charge in [-0.1, -0.05) is 37.3 Å². The van der Waals surface area contributed by atoms with E-state index in [1.54, 1.807) is 0 Å². The van der Waals surface area contributed by atoms with Crippen molar-refractivity contribution in [2.45, 2.75) is 45.1 Å². The predicted octanol–water partition coefficient (Wildman–Crippen LogP) is 2.13. The van der Waals surface area contributed by atoms with Crippen LogP contribution in [0.15, 0.2) is 30.3 Å². The number of hydrogen-bond acceptors (Lipinski definition) is 4. The van der Waals surface area contributed by atoms with E-state index in [9.17, 15) is 13.2 Å². The first kappa shape index (κ1) is 20.9. The van der Waals surface area contributed by atoms with E-state index < -0.39 is 10.0 Å². The van der Waals surface area contributed by atoms with Gasteiger partial charge < -0.3 is 9.64 Å². The third-order valence-corrected chi connectivity index (χ3v) is 6.18. The molecule has 1 N–H and O–H groups in total. The molecule has 1 heterocycles. The number of rotatable bonds is 10. The van der Waals surface area contributed by atoms with E-state index in [0.717, 1.165) is 19.3 Å². The highest BCUT2D eigenvalue weighted by Gasteiger charge is 2.34. The van der Waals surface area contributed by atoms with Gasteiger partial charge in [0.15, 0.2) is 0 Å². The number of sulfonamides is 1. The molecule has 0 aliphatic carbocycles. The minimum absolute atomic E-state index is 0.126. The van der Waals surface area contributed by atoms with Gasteiger partial charge >= 0.3 is 0 Å². The lowest BCUT2D eigenvalue weighted by Gasteiger charge is -2.31. The number of benzene rings is 1. The van der Waals surface area contributed by atoms with Gasteiger partial charge in [-0.05, 0) is 31.7 Å². The lowest BCUT2D eigenvalue weighted by molar-refractivity contribution is -0.131. The van der Waals surface area contributed by atoms with E-state index in [1.807, 2.05) is 30.0 Å². The van der Waals surface area contributed by atoms with Crippen LogP contribution in [0.25, 0.3) is 0 Å². The summed E-state index contributed by atoms with van der Waals surface area (Å²) in [5.41, 5.74) is 1.23. The van der Waals surface area contributed by atoms with E-state index >= 15 is 0 Å². The number of carbonyl (C=O) groups is 1. The maximum Gasteiger partial charge on any atom is 0.237 e. The summed E-state index contributed by atoms with van der Waals surface area (Å²) in [6.07, 6.45) is 2.85. The van der Waals surface area contributed by atoms with Crippen LogP contribution in [-0.4, -0.2) is 57.3 Å². The molecule has 6 nitrogen and oxygen atoms in total. The Labute approximate surface area is 157 Å². The first-order valence-electron chi connectivity index (χ1n) is 9.38. The molecule has 0 bridgehead atoms. The van der Waals surface area contributed by atoms with Crippen molar-refractivity contribution in [1.82, 2.24) is 9.62 Å². The van der Waals surface area contributed by atoms with Gasteiger partial charge in [-0.15, -0.1) is 0 Å². The molecule has 1 aliphatic heterocycles. The van der Waals surface area contributed by atoms with Crippen LogP contribution in [0.1, 0.15) is 44.6 Å². The number of carbonyl (C=O) groups excluding carboxylic acids is 1. The van der Waals surface area contributed by atoms with Crippen molar-refractivity contribution < 1.29 is 17.9 Å². The molecule has 1 aliphatic rings. The second-order valence-corrected chi connectivity index (χ2v) is 8.49. The maximum atomic E-state index is 12.7. The molecular formula is C19H30N2O4S. The van der Waals surface area contributed by atoms with Crippen molar-refractivity contribution in [3.8, 4) is 0 Å². The number of nitrogens with zero attached hydrogens (tertiary/aromatic N) is 1. The van der Waals surface area contributed by atoms with Gasteiger partial charge in [-0.25, -0.2) is 13.1 Å². The molecular weight excluding hydrogens is 352 g/mol. The van der Waals surface area contributed by atoms with Crippen molar-refractivity contribution in [2.75, 3.05) is 32.1 Å². The van der Waals surface area contributed by atoms with Crippen molar-refractivity contribution in [1.29, 1.82) is 0 Å². The van der Waals surface area contributed by atoms with Crippen LogP contribution in [0.5, 0.6) is 0 Å². The summed E-state index contributed by atoms with van der Waals surface area (Å²) in [4.78, 5) is 14.5. The lowest BCUT2D eigenvalue weighted by Crippen LogP contribution is -2.45. The Morgan fingerprint density at radius 2 is 2.04 bits per heavy atom. The lowest BCUT2D eigenvalue weighted by atomic mass is 9.87. The molecule has 0 radical (unpaired) electrons. The zero-order chi connectivity index (χ0) is 19.0. The van der Waals surface area contributed by atoms with Crippen LogP contribution < -0.4 is 4.72 Å². The zero-order valence-corrected chi connectivity index (χ0v) is 16.5. The van der Waals surface area contributed by atoms with Gasteiger partial charge in [0.05, 0.1) is 18.9 Å². The molecule has 0 spiro atoms. The Kier molecular flexibility index (Phi) is 8.06. The van der Waals surface area contributed by atoms with Gasteiger partial charge in [0.1, 0.15) is 0 Å². The maximum absolute atomic E-state index is 12.7. The topological polar surface area (TPSA) is 75.7 Å². The fraction of sp³-hybridized carbons (Fsp3) is 0.632. The minimum atomic E-state index is -3.50. The summed E-state index contributed by atoms with van der Waals surface area (Å²) >= 11 is 0. The predicted molar refractivity (Wildman–Crippen MR) is 102 cm³/mol. The van der Waals surface area contributed by atoms with E-state index in [1.165, 1.54) is 5.56 Å². The Hall–Kier alpha value is -1.44. The Bertz CT molecular complexity index is 663. The van der Waals surface area contributed by atoms with E-state index in [4.69, 9.17) is 4.74 Å². The quantitative estimate of drug-likeness (QED) is 0.629. The van der Waals surface area contributed by atoms with Crippen molar-refractivity contribution in [3.63, 3.8) is 0 Å². The van der Waals surface area contributed by atoms with Crippen LogP contribution in [0.4, 0.5) is 0 Å². The molecule has 146 valence electrons. The first-order valence-corrected chi connectivity index (χ1v) is 11.0. The molecule has 26 heavy (non-hydrogen) atoms. The smallest absolute Gasteiger partial charge is 0.237 e. The molecule has 0 saturated carbocycles. The average molecular weight is 383 g/mol. The summed E-state index contributed by atoms with van der Waals surface area (Å²) in [7, 11) is -3.50. The number of amides is 1. The minimum Gasteiger partial charge on any atom is -0.381 e. The SMILES string of the molecule is CCOCCS(=O)(=O)NCC(=O)N1CCC[C@H]1[C@@H](CC)c1ccccc1. The van der Waals surface area contributed by atoms with Crippen LogP contribution >= 0.6 is 0 Å². The number of hydrogen-bond donors (Lipinski definition) is 1. The van der Waals surface area contributed by atoms with Crippen LogP contribution in [0.2, 0.25) is 0 Å². The zero-order valence-electron chi connectivity index (χ0n) is 15.7.